The predicted octanol–water partition coefficient (Wildman–Crippen LogP) is 2.48. The standard InChI is InChI=1S/C14H10ClN3O3/c1-18-5-9(8-3-2-7(15)4-10(8)18)13(19)11-12(14(20)21)17-6-16-11/h2-6H,1H3,(H,16,17)(H,20,21). The molecule has 21 heavy (non-hydrogen) atoms. The van der Waals surface area contributed by atoms with Crippen LogP contribution in [0.25, 0.3) is 10.9 Å². The number of H-pyrrole nitrogens is 1. The first-order valence-corrected chi connectivity index (χ1v) is 6.43. The Bertz CT molecular complexity index is 879. The van der Waals surface area contributed by atoms with Crippen LogP contribution in [0.15, 0.2) is 30.7 Å². The maximum Gasteiger partial charge on any atom is 0.354 e. The van der Waals surface area contributed by atoms with Gasteiger partial charge in [-0.3, -0.25) is 4.79 Å². The Morgan fingerprint density at radius 1 is 1.38 bits per heavy atom. The van der Waals surface area contributed by atoms with Crippen molar-refractivity contribution in [2.24, 2.45) is 7.05 Å². The lowest BCUT2D eigenvalue weighted by molar-refractivity contribution is 0.0687. The van der Waals surface area contributed by atoms with Gasteiger partial charge in [-0.25, -0.2) is 9.78 Å². The van der Waals surface area contributed by atoms with E-state index in [1.807, 2.05) is 0 Å². The van der Waals surface area contributed by atoms with E-state index in [9.17, 15) is 9.59 Å². The highest BCUT2D eigenvalue weighted by Crippen LogP contribution is 2.26. The fraction of sp³-hybridized carbons (Fsp3) is 0.0714. The van der Waals surface area contributed by atoms with Crippen molar-refractivity contribution >= 4 is 34.3 Å². The van der Waals surface area contributed by atoms with Gasteiger partial charge in [0.1, 0.15) is 5.69 Å². The van der Waals surface area contributed by atoms with Crippen molar-refractivity contribution in [3.63, 3.8) is 0 Å². The maximum absolute atomic E-state index is 12.6. The number of benzene rings is 1. The number of rotatable bonds is 3. The molecule has 2 heterocycles. The number of nitrogens with zero attached hydrogens (tertiary/aromatic N) is 2. The minimum absolute atomic E-state index is 0.107. The van der Waals surface area contributed by atoms with Crippen LogP contribution in [-0.2, 0) is 7.05 Å². The average Bonchev–Trinajstić information content (AvgIpc) is 3.04. The van der Waals surface area contributed by atoms with Crippen molar-refractivity contribution < 1.29 is 14.7 Å². The quantitative estimate of drug-likeness (QED) is 0.728. The van der Waals surface area contributed by atoms with Crippen LogP contribution in [0.4, 0.5) is 0 Å². The third-order valence-electron chi connectivity index (χ3n) is 3.27. The fourth-order valence-electron chi connectivity index (χ4n) is 2.30. The first-order chi connectivity index (χ1) is 9.99. The molecule has 0 unspecified atom stereocenters. The van der Waals surface area contributed by atoms with Crippen LogP contribution < -0.4 is 0 Å². The highest BCUT2D eigenvalue weighted by atomic mass is 35.5. The third kappa shape index (κ3) is 2.09. The van der Waals surface area contributed by atoms with Crippen LogP contribution >= 0.6 is 11.6 Å². The first-order valence-electron chi connectivity index (χ1n) is 6.05. The van der Waals surface area contributed by atoms with Crippen molar-refractivity contribution in [3.05, 3.63) is 52.7 Å². The highest BCUT2D eigenvalue weighted by molar-refractivity contribution is 6.31. The molecule has 0 saturated carbocycles. The molecule has 0 atom stereocenters. The number of nitrogens with one attached hydrogen (secondary N) is 1. The molecule has 7 heteroatoms. The molecule has 2 N–H and O–H groups in total. The Morgan fingerprint density at radius 3 is 2.86 bits per heavy atom. The number of hydrogen-bond donors (Lipinski definition) is 2. The highest BCUT2D eigenvalue weighted by Gasteiger charge is 2.23. The van der Waals surface area contributed by atoms with Gasteiger partial charge < -0.3 is 14.7 Å². The van der Waals surface area contributed by atoms with Crippen molar-refractivity contribution in [1.29, 1.82) is 0 Å². The molecule has 0 bridgehead atoms. The van der Waals surface area contributed by atoms with Crippen LogP contribution in [0.2, 0.25) is 5.02 Å². The first kappa shape index (κ1) is 13.4. The number of aromatic nitrogens is 3. The van der Waals surface area contributed by atoms with Gasteiger partial charge >= 0.3 is 5.97 Å². The van der Waals surface area contributed by atoms with Gasteiger partial charge in [-0.05, 0) is 12.1 Å². The number of fused-ring (bicyclic) bond motifs is 1. The number of imidazole rings is 1. The van der Waals surface area contributed by atoms with Gasteiger partial charge in [-0.2, -0.15) is 0 Å². The van der Waals surface area contributed by atoms with E-state index >= 15 is 0 Å². The summed E-state index contributed by atoms with van der Waals surface area (Å²) in [6.45, 7) is 0. The van der Waals surface area contributed by atoms with Gasteiger partial charge in [0.15, 0.2) is 5.69 Å². The van der Waals surface area contributed by atoms with E-state index in [4.69, 9.17) is 16.7 Å². The molecule has 0 amide bonds. The minimum atomic E-state index is -1.22. The lowest BCUT2D eigenvalue weighted by Gasteiger charge is -1.98. The fourth-order valence-corrected chi connectivity index (χ4v) is 2.46. The molecule has 2 aromatic heterocycles. The Balaban J connectivity index is 2.19. The van der Waals surface area contributed by atoms with Gasteiger partial charge in [0.25, 0.3) is 0 Å². The predicted molar refractivity (Wildman–Crippen MR) is 76.9 cm³/mol. The molecule has 1 aromatic carbocycles. The van der Waals surface area contributed by atoms with E-state index in [1.165, 1.54) is 6.33 Å². The van der Waals surface area contributed by atoms with E-state index in [0.717, 1.165) is 5.52 Å². The van der Waals surface area contributed by atoms with Gasteiger partial charge in [0, 0.05) is 34.7 Å². The summed E-state index contributed by atoms with van der Waals surface area (Å²) >= 11 is 5.95. The molecule has 0 aliphatic rings. The van der Waals surface area contributed by atoms with Crippen LogP contribution in [0, 0.1) is 0 Å². The molecule has 0 aliphatic heterocycles. The topological polar surface area (TPSA) is 88.0 Å². The van der Waals surface area contributed by atoms with E-state index in [-0.39, 0.29) is 11.4 Å². The smallest absolute Gasteiger partial charge is 0.354 e. The number of carboxylic acid groups (broad SMARTS) is 1. The Hall–Kier alpha value is -2.60. The van der Waals surface area contributed by atoms with Crippen molar-refractivity contribution in [1.82, 2.24) is 14.5 Å². The zero-order valence-electron chi connectivity index (χ0n) is 10.9. The zero-order valence-corrected chi connectivity index (χ0v) is 11.7. The van der Waals surface area contributed by atoms with Crippen LogP contribution in [-0.4, -0.2) is 31.4 Å². The molecule has 3 aromatic rings. The van der Waals surface area contributed by atoms with E-state index in [1.54, 1.807) is 36.0 Å². The molecule has 0 saturated heterocycles. The molecule has 0 radical (unpaired) electrons. The second-order valence-corrected chi connectivity index (χ2v) is 5.01. The molecular weight excluding hydrogens is 294 g/mol. The summed E-state index contributed by atoms with van der Waals surface area (Å²) in [4.78, 5) is 29.9. The zero-order chi connectivity index (χ0) is 15.1. The lowest BCUT2D eigenvalue weighted by Crippen LogP contribution is -2.09. The number of carbonyl (C=O) groups excluding carboxylic acids is 1. The number of halogens is 1. The summed E-state index contributed by atoms with van der Waals surface area (Å²) in [5.74, 6) is -1.67. The normalized spacial score (nSPS) is 11.0. The summed E-state index contributed by atoms with van der Waals surface area (Å²) in [6, 6.07) is 5.16. The second kappa shape index (κ2) is 4.75. The summed E-state index contributed by atoms with van der Waals surface area (Å²) in [5.41, 5.74) is 0.855. The summed E-state index contributed by atoms with van der Waals surface area (Å²) in [7, 11) is 1.79. The molecule has 0 spiro atoms. The van der Waals surface area contributed by atoms with Gasteiger partial charge in [-0.15, -0.1) is 0 Å². The third-order valence-corrected chi connectivity index (χ3v) is 3.50. The summed E-state index contributed by atoms with van der Waals surface area (Å²) in [6.07, 6.45) is 2.84. The Labute approximate surface area is 124 Å². The van der Waals surface area contributed by atoms with Crippen LogP contribution in [0.1, 0.15) is 26.5 Å². The SMILES string of the molecule is Cn1cc(C(=O)c2nc[nH]c2C(=O)O)c2ccc(Cl)cc21. The largest absolute Gasteiger partial charge is 0.477 e. The van der Waals surface area contributed by atoms with E-state index in [2.05, 4.69) is 9.97 Å². The minimum Gasteiger partial charge on any atom is -0.477 e. The molecular formula is C14H10ClN3O3. The van der Waals surface area contributed by atoms with Crippen molar-refractivity contribution in [2.75, 3.05) is 0 Å². The lowest BCUT2D eigenvalue weighted by atomic mass is 10.1. The molecule has 6 nitrogen and oxygen atoms in total. The van der Waals surface area contributed by atoms with Crippen molar-refractivity contribution in [2.45, 2.75) is 0 Å². The number of hydrogen-bond acceptors (Lipinski definition) is 3. The average molecular weight is 304 g/mol. The Morgan fingerprint density at radius 2 is 2.14 bits per heavy atom. The number of ketones is 1. The monoisotopic (exact) mass is 303 g/mol. The number of carbonyl (C=O) groups is 2. The molecule has 0 fully saturated rings. The van der Waals surface area contributed by atoms with Gasteiger partial charge in [0.05, 0.1) is 6.33 Å². The summed E-state index contributed by atoms with van der Waals surface area (Å²) < 4.78 is 1.77. The second-order valence-electron chi connectivity index (χ2n) is 4.58. The molecule has 3 rings (SSSR count). The van der Waals surface area contributed by atoms with Gasteiger partial charge in [-0.1, -0.05) is 17.7 Å². The number of aryl methyl sites for hydroxylation is 1. The van der Waals surface area contributed by atoms with Crippen LogP contribution in [0.5, 0.6) is 0 Å². The maximum atomic E-state index is 12.6. The number of carboxylic acids is 1. The van der Waals surface area contributed by atoms with Gasteiger partial charge in [0.2, 0.25) is 5.78 Å². The van der Waals surface area contributed by atoms with Crippen LogP contribution in [0.3, 0.4) is 0 Å². The number of aromatic carboxylic acids is 1. The molecule has 0 aliphatic carbocycles. The number of aromatic amines is 1. The van der Waals surface area contributed by atoms with Crippen molar-refractivity contribution in [3.8, 4) is 0 Å². The molecule has 106 valence electrons. The summed E-state index contributed by atoms with van der Waals surface area (Å²) in [5, 5.41) is 10.3. The Kier molecular flexibility index (Phi) is 3.03. The van der Waals surface area contributed by atoms with E-state index in [0.29, 0.717) is 16.0 Å². The van der Waals surface area contributed by atoms with E-state index < -0.39 is 11.8 Å².